The van der Waals surface area contributed by atoms with Crippen molar-refractivity contribution in [1.82, 2.24) is 25.4 Å². The third-order valence-electron chi connectivity index (χ3n) is 4.06. The molecule has 0 radical (unpaired) electrons. The van der Waals surface area contributed by atoms with Gasteiger partial charge in [-0.15, -0.1) is 10.2 Å². The molecule has 3 amide bonds. The van der Waals surface area contributed by atoms with E-state index in [2.05, 4.69) is 25.8 Å². The second-order valence-corrected chi connectivity index (χ2v) is 6.90. The standard InChI is InChI=1S/C16H20N6O2S/c1-11(23)18-10-12-5-8-22(9-6-12)16(24)19-15-21-20-14(25-15)13-4-2-3-7-17-13/h2-4,7,12H,5-6,8-10H2,1H3,(H,18,23)(H,19,21,24). The van der Waals surface area contributed by atoms with Crippen molar-refractivity contribution in [1.29, 1.82) is 0 Å². The predicted molar refractivity (Wildman–Crippen MR) is 95.1 cm³/mol. The molecule has 0 aliphatic carbocycles. The van der Waals surface area contributed by atoms with E-state index in [0.29, 0.717) is 35.7 Å². The van der Waals surface area contributed by atoms with E-state index in [0.717, 1.165) is 18.5 Å². The van der Waals surface area contributed by atoms with Gasteiger partial charge in [-0.2, -0.15) is 0 Å². The molecule has 132 valence electrons. The maximum Gasteiger partial charge on any atom is 0.323 e. The number of piperidine rings is 1. The summed E-state index contributed by atoms with van der Waals surface area (Å²) in [7, 11) is 0. The Morgan fingerprint density at radius 2 is 2.08 bits per heavy atom. The number of rotatable bonds is 4. The van der Waals surface area contributed by atoms with Gasteiger partial charge in [0.2, 0.25) is 11.0 Å². The highest BCUT2D eigenvalue weighted by atomic mass is 32.1. The molecule has 0 spiro atoms. The Bertz CT molecular complexity index is 727. The maximum atomic E-state index is 12.4. The summed E-state index contributed by atoms with van der Waals surface area (Å²) in [5, 5.41) is 14.9. The first-order chi connectivity index (χ1) is 12.1. The van der Waals surface area contributed by atoms with Crippen LogP contribution in [0, 0.1) is 5.92 Å². The van der Waals surface area contributed by atoms with Crippen molar-refractivity contribution in [3.63, 3.8) is 0 Å². The van der Waals surface area contributed by atoms with Crippen molar-refractivity contribution in [3.05, 3.63) is 24.4 Å². The normalized spacial score (nSPS) is 15.0. The fourth-order valence-corrected chi connectivity index (χ4v) is 3.38. The Morgan fingerprint density at radius 3 is 2.76 bits per heavy atom. The van der Waals surface area contributed by atoms with Crippen LogP contribution in [0.25, 0.3) is 10.7 Å². The number of hydrogen-bond donors (Lipinski definition) is 2. The van der Waals surface area contributed by atoms with E-state index in [1.807, 2.05) is 18.2 Å². The smallest absolute Gasteiger partial charge is 0.323 e. The van der Waals surface area contributed by atoms with E-state index in [9.17, 15) is 9.59 Å². The first-order valence-corrected chi connectivity index (χ1v) is 8.99. The van der Waals surface area contributed by atoms with Crippen LogP contribution >= 0.6 is 11.3 Å². The predicted octanol–water partition coefficient (Wildman–Crippen LogP) is 1.98. The molecule has 25 heavy (non-hydrogen) atoms. The van der Waals surface area contributed by atoms with Crippen molar-refractivity contribution in [3.8, 4) is 10.7 Å². The third kappa shape index (κ3) is 4.72. The molecule has 2 aromatic rings. The molecular weight excluding hydrogens is 340 g/mol. The average Bonchev–Trinajstić information content (AvgIpc) is 3.09. The minimum atomic E-state index is -0.165. The third-order valence-corrected chi connectivity index (χ3v) is 4.93. The van der Waals surface area contributed by atoms with Crippen LogP contribution in [0.5, 0.6) is 0 Å². The number of carbonyl (C=O) groups is 2. The van der Waals surface area contributed by atoms with Gasteiger partial charge in [-0.1, -0.05) is 17.4 Å². The molecule has 9 heteroatoms. The van der Waals surface area contributed by atoms with E-state index >= 15 is 0 Å². The quantitative estimate of drug-likeness (QED) is 0.868. The van der Waals surface area contributed by atoms with Gasteiger partial charge in [-0.3, -0.25) is 15.1 Å². The molecular formula is C16H20N6O2S. The van der Waals surface area contributed by atoms with Crippen LogP contribution in [0.15, 0.2) is 24.4 Å². The minimum Gasteiger partial charge on any atom is -0.356 e. The summed E-state index contributed by atoms with van der Waals surface area (Å²) in [5.74, 6) is 0.408. The molecule has 0 bridgehead atoms. The zero-order valence-electron chi connectivity index (χ0n) is 13.9. The molecule has 0 aromatic carbocycles. The molecule has 3 rings (SSSR count). The summed E-state index contributed by atoms with van der Waals surface area (Å²) >= 11 is 1.30. The second kappa shape index (κ2) is 8.02. The van der Waals surface area contributed by atoms with Crippen molar-refractivity contribution in [2.24, 2.45) is 5.92 Å². The summed E-state index contributed by atoms with van der Waals surface area (Å²) < 4.78 is 0. The lowest BCUT2D eigenvalue weighted by molar-refractivity contribution is -0.119. The van der Waals surface area contributed by atoms with E-state index in [1.54, 1.807) is 11.1 Å². The molecule has 0 unspecified atom stereocenters. The van der Waals surface area contributed by atoms with Crippen LogP contribution in [-0.2, 0) is 4.79 Å². The number of urea groups is 1. The Hall–Kier alpha value is -2.55. The fourth-order valence-electron chi connectivity index (χ4n) is 2.67. The van der Waals surface area contributed by atoms with Gasteiger partial charge in [0.05, 0.1) is 0 Å². The second-order valence-electron chi connectivity index (χ2n) is 5.93. The Labute approximate surface area is 149 Å². The van der Waals surface area contributed by atoms with Crippen LogP contribution in [0.1, 0.15) is 19.8 Å². The lowest BCUT2D eigenvalue weighted by Crippen LogP contribution is -2.43. The van der Waals surface area contributed by atoms with Gasteiger partial charge in [0.25, 0.3) is 0 Å². The Morgan fingerprint density at radius 1 is 1.28 bits per heavy atom. The Kier molecular flexibility index (Phi) is 5.54. The molecule has 1 fully saturated rings. The minimum absolute atomic E-state index is 0.0137. The summed E-state index contributed by atoms with van der Waals surface area (Å²) in [4.78, 5) is 29.3. The molecule has 1 saturated heterocycles. The van der Waals surface area contributed by atoms with Crippen LogP contribution in [0.4, 0.5) is 9.93 Å². The number of aromatic nitrogens is 3. The zero-order chi connectivity index (χ0) is 17.6. The van der Waals surface area contributed by atoms with Crippen LogP contribution in [0.2, 0.25) is 0 Å². The largest absolute Gasteiger partial charge is 0.356 e. The van der Waals surface area contributed by atoms with Gasteiger partial charge in [0.15, 0.2) is 5.01 Å². The lowest BCUT2D eigenvalue weighted by atomic mass is 9.97. The SMILES string of the molecule is CC(=O)NCC1CCN(C(=O)Nc2nnc(-c3ccccn3)s2)CC1. The number of nitrogens with one attached hydrogen (secondary N) is 2. The highest BCUT2D eigenvalue weighted by Crippen LogP contribution is 2.25. The van der Waals surface area contributed by atoms with Crippen molar-refractivity contribution >= 4 is 28.4 Å². The Balaban J connectivity index is 1.50. The van der Waals surface area contributed by atoms with Crippen molar-refractivity contribution in [2.45, 2.75) is 19.8 Å². The molecule has 2 aromatic heterocycles. The topological polar surface area (TPSA) is 100 Å². The number of hydrogen-bond acceptors (Lipinski definition) is 6. The van der Waals surface area contributed by atoms with E-state index in [-0.39, 0.29) is 11.9 Å². The van der Waals surface area contributed by atoms with Crippen LogP contribution < -0.4 is 10.6 Å². The summed E-state index contributed by atoms with van der Waals surface area (Å²) in [6, 6.07) is 5.41. The summed E-state index contributed by atoms with van der Waals surface area (Å²) in [6.07, 6.45) is 3.45. The number of pyridine rings is 1. The van der Waals surface area contributed by atoms with Crippen molar-refractivity contribution < 1.29 is 9.59 Å². The molecule has 8 nitrogen and oxygen atoms in total. The molecule has 0 atom stereocenters. The number of amides is 3. The van der Waals surface area contributed by atoms with Crippen LogP contribution in [0.3, 0.4) is 0 Å². The van der Waals surface area contributed by atoms with Gasteiger partial charge < -0.3 is 10.2 Å². The first kappa shape index (κ1) is 17.3. The number of carbonyl (C=O) groups excluding carboxylic acids is 2. The number of anilines is 1. The highest BCUT2D eigenvalue weighted by Gasteiger charge is 2.23. The van der Waals surface area contributed by atoms with Crippen molar-refractivity contribution in [2.75, 3.05) is 25.0 Å². The first-order valence-electron chi connectivity index (χ1n) is 8.17. The average molecular weight is 360 g/mol. The fraction of sp³-hybridized carbons (Fsp3) is 0.438. The molecule has 1 aliphatic rings. The monoisotopic (exact) mass is 360 g/mol. The van der Waals surface area contributed by atoms with Gasteiger partial charge in [-0.25, -0.2) is 4.79 Å². The highest BCUT2D eigenvalue weighted by molar-refractivity contribution is 7.18. The van der Waals surface area contributed by atoms with Crippen LogP contribution in [-0.4, -0.2) is 51.7 Å². The summed E-state index contributed by atoms with van der Waals surface area (Å²) in [5.41, 5.74) is 0.735. The van der Waals surface area contributed by atoms with Gasteiger partial charge in [-0.05, 0) is 30.9 Å². The lowest BCUT2D eigenvalue weighted by Gasteiger charge is -2.31. The zero-order valence-corrected chi connectivity index (χ0v) is 14.8. The maximum absolute atomic E-state index is 12.4. The molecule has 0 saturated carbocycles. The number of nitrogens with zero attached hydrogens (tertiary/aromatic N) is 4. The van der Waals surface area contributed by atoms with E-state index in [1.165, 1.54) is 18.3 Å². The van der Waals surface area contributed by atoms with Gasteiger partial charge in [0, 0.05) is 32.8 Å². The molecule has 2 N–H and O–H groups in total. The van der Waals surface area contributed by atoms with E-state index < -0.39 is 0 Å². The van der Waals surface area contributed by atoms with E-state index in [4.69, 9.17) is 0 Å². The number of likely N-dealkylation sites (tertiary alicyclic amines) is 1. The summed E-state index contributed by atoms with van der Waals surface area (Å²) in [6.45, 7) is 3.53. The molecule has 1 aliphatic heterocycles. The van der Waals surface area contributed by atoms with Gasteiger partial charge in [0.1, 0.15) is 5.69 Å². The van der Waals surface area contributed by atoms with Gasteiger partial charge >= 0.3 is 6.03 Å². The molecule has 3 heterocycles.